The Balaban J connectivity index is 1.68. The summed E-state index contributed by atoms with van der Waals surface area (Å²) in [5, 5.41) is 20.7. The second-order valence-corrected chi connectivity index (χ2v) is 6.00. The first-order valence-electron chi connectivity index (χ1n) is 8.47. The molecule has 3 rings (SSSR count). The number of amides is 1. The molecule has 0 aliphatic rings. The summed E-state index contributed by atoms with van der Waals surface area (Å²) in [4.78, 5) is 24.4. The Kier molecular flexibility index (Phi) is 5.91. The monoisotopic (exact) mass is 382 g/mol. The molecule has 1 heterocycles. The van der Waals surface area contributed by atoms with E-state index in [-0.39, 0.29) is 37.0 Å². The summed E-state index contributed by atoms with van der Waals surface area (Å²) in [5.74, 6) is 0.715. The highest BCUT2D eigenvalue weighted by Gasteiger charge is 2.18. The second kappa shape index (κ2) is 8.72. The summed E-state index contributed by atoms with van der Waals surface area (Å²) in [7, 11) is 0. The first-order chi connectivity index (χ1) is 13.5. The van der Waals surface area contributed by atoms with E-state index in [0.29, 0.717) is 17.1 Å². The predicted molar refractivity (Wildman–Crippen MR) is 99.7 cm³/mol. The molecule has 1 N–H and O–H groups in total. The van der Waals surface area contributed by atoms with Gasteiger partial charge in [-0.3, -0.25) is 14.9 Å². The van der Waals surface area contributed by atoms with Gasteiger partial charge < -0.3 is 19.2 Å². The van der Waals surface area contributed by atoms with E-state index in [1.807, 2.05) is 0 Å². The number of carbonyl (C=O) groups is 1. The number of para-hydroxylation sites is 1. The summed E-state index contributed by atoms with van der Waals surface area (Å²) >= 11 is 0. The maximum atomic E-state index is 12.7. The molecule has 0 bridgehead atoms. The van der Waals surface area contributed by atoms with E-state index >= 15 is 0 Å². The van der Waals surface area contributed by atoms with E-state index < -0.39 is 4.92 Å². The Morgan fingerprint density at radius 2 is 1.82 bits per heavy atom. The number of phenols is 1. The fourth-order valence-corrected chi connectivity index (χ4v) is 2.57. The molecule has 144 valence electrons. The van der Waals surface area contributed by atoms with E-state index in [9.17, 15) is 20.0 Å². The van der Waals surface area contributed by atoms with Gasteiger partial charge in [0.2, 0.25) is 0 Å². The van der Waals surface area contributed by atoms with Crippen LogP contribution in [0.25, 0.3) is 0 Å². The Morgan fingerprint density at radius 1 is 1.07 bits per heavy atom. The van der Waals surface area contributed by atoms with E-state index in [2.05, 4.69) is 0 Å². The van der Waals surface area contributed by atoms with Crippen molar-refractivity contribution in [1.29, 1.82) is 0 Å². The molecule has 0 saturated carbocycles. The van der Waals surface area contributed by atoms with Crippen molar-refractivity contribution in [3.05, 3.63) is 88.4 Å². The lowest BCUT2D eigenvalue weighted by Gasteiger charge is -2.22. The summed E-state index contributed by atoms with van der Waals surface area (Å²) in [5.41, 5.74) is 0.537. The molecule has 8 heteroatoms. The molecule has 0 saturated heterocycles. The quantitative estimate of drug-likeness (QED) is 0.472. The zero-order valence-electron chi connectivity index (χ0n) is 14.9. The number of furan rings is 1. The number of hydrogen-bond donors (Lipinski definition) is 1. The fraction of sp³-hybridized carbons (Fsp3) is 0.150. The zero-order valence-corrected chi connectivity index (χ0v) is 14.9. The van der Waals surface area contributed by atoms with Crippen molar-refractivity contribution < 1.29 is 24.0 Å². The summed E-state index contributed by atoms with van der Waals surface area (Å²) < 4.78 is 10.8. The zero-order chi connectivity index (χ0) is 19.9. The number of nitro benzene ring substituents is 1. The van der Waals surface area contributed by atoms with E-state index in [1.165, 1.54) is 35.4 Å². The number of rotatable bonds is 8. The molecule has 1 aromatic heterocycles. The van der Waals surface area contributed by atoms with Gasteiger partial charge in [-0.1, -0.05) is 18.2 Å². The highest BCUT2D eigenvalue weighted by atomic mass is 16.6. The van der Waals surface area contributed by atoms with Crippen molar-refractivity contribution in [3.63, 3.8) is 0 Å². The minimum absolute atomic E-state index is 0.0577. The number of benzene rings is 2. The first-order valence-corrected chi connectivity index (χ1v) is 8.47. The molecule has 0 atom stereocenters. The van der Waals surface area contributed by atoms with E-state index in [4.69, 9.17) is 9.15 Å². The van der Waals surface area contributed by atoms with Crippen LogP contribution < -0.4 is 4.74 Å². The minimum atomic E-state index is -0.508. The maximum Gasteiger partial charge on any atom is 0.269 e. The smallest absolute Gasteiger partial charge is 0.269 e. The Bertz CT molecular complexity index is 938. The molecule has 8 nitrogen and oxygen atoms in total. The molecule has 3 aromatic rings. The number of hydrogen-bond acceptors (Lipinski definition) is 6. The molecular formula is C20H18N2O6. The van der Waals surface area contributed by atoms with Crippen LogP contribution in [0.3, 0.4) is 0 Å². The van der Waals surface area contributed by atoms with Crippen molar-refractivity contribution in [2.45, 2.75) is 13.1 Å². The summed E-state index contributed by atoms with van der Waals surface area (Å²) in [6.45, 7) is 0.131. The van der Waals surface area contributed by atoms with Gasteiger partial charge in [0.05, 0.1) is 17.7 Å². The maximum absolute atomic E-state index is 12.7. The largest absolute Gasteiger partial charge is 0.508 e. The van der Waals surface area contributed by atoms with Gasteiger partial charge in [-0.05, 0) is 30.3 Å². The van der Waals surface area contributed by atoms with E-state index in [0.717, 1.165) is 0 Å². The summed E-state index contributed by atoms with van der Waals surface area (Å²) in [6, 6.07) is 15.7. The molecule has 2 aromatic carbocycles. The van der Waals surface area contributed by atoms with Crippen LogP contribution in [-0.4, -0.2) is 27.4 Å². The van der Waals surface area contributed by atoms with Crippen LogP contribution in [0.5, 0.6) is 11.5 Å². The van der Waals surface area contributed by atoms with Crippen LogP contribution in [0.2, 0.25) is 0 Å². The normalized spacial score (nSPS) is 10.4. The number of phenolic OH excluding ortho intramolecular Hbond substituents is 1. The third-order valence-corrected chi connectivity index (χ3v) is 4.04. The van der Waals surface area contributed by atoms with Crippen LogP contribution in [0.15, 0.2) is 71.3 Å². The minimum Gasteiger partial charge on any atom is -0.508 e. The van der Waals surface area contributed by atoms with Crippen LogP contribution in [0, 0.1) is 10.1 Å². The lowest BCUT2D eigenvalue weighted by molar-refractivity contribution is -0.384. The van der Waals surface area contributed by atoms with Crippen LogP contribution in [0.4, 0.5) is 5.69 Å². The van der Waals surface area contributed by atoms with Gasteiger partial charge in [0.1, 0.15) is 17.3 Å². The number of carbonyl (C=O) groups excluding carboxylic acids is 1. The molecular weight excluding hydrogens is 364 g/mol. The van der Waals surface area contributed by atoms with Crippen molar-refractivity contribution in [1.82, 2.24) is 4.90 Å². The van der Waals surface area contributed by atoms with Gasteiger partial charge in [0.15, 0.2) is 6.61 Å². The van der Waals surface area contributed by atoms with Gasteiger partial charge in [0.25, 0.3) is 11.6 Å². The van der Waals surface area contributed by atoms with Crippen molar-refractivity contribution in [3.8, 4) is 11.5 Å². The number of nitro groups is 1. The average molecular weight is 382 g/mol. The third-order valence-electron chi connectivity index (χ3n) is 4.04. The van der Waals surface area contributed by atoms with Crippen LogP contribution >= 0.6 is 0 Å². The van der Waals surface area contributed by atoms with Crippen molar-refractivity contribution in [2.75, 3.05) is 6.61 Å². The van der Waals surface area contributed by atoms with Gasteiger partial charge >= 0.3 is 0 Å². The molecule has 0 aliphatic carbocycles. The predicted octanol–water partition coefficient (Wildman–Crippen LogP) is 3.50. The molecule has 0 unspecified atom stereocenters. The van der Waals surface area contributed by atoms with Gasteiger partial charge in [-0.2, -0.15) is 0 Å². The number of ether oxygens (including phenoxy) is 1. The average Bonchev–Trinajstić information content (AvgIpc) is 3.20. The molecule has 0 fully saturated rings. The highest BCUT2D eigenvalue weighted by molar-refractivity contribution is 5.77. The van der Waals surface area contributed by atoms with Crippen molar-refractivity contribution in [2.24, 2.45) is 0 Å². The lowest BCUT2D eigenvalue weighted by Crippen LogP contribution is -2.34. The van der Waals surface area contributed by atoms with Gasteiger partial charge in [-0.25, -0.2) is 0 Å². The molecule has 1 amide bonds. The number of non-ortho nitro benzene ring substituents is 1. The standard InChI is InChI=1S/C20H18N2O6/c23-19-6-2-1-4-15(19)12-21(13-18-5-3-11-27-18)20(24)14-28-17-9-7-16(8-10-17)22(25)26/h1-11,23H,12-14H2. The SMILES string of the molecule is O=C(COc1ccc([N+](=O)[O-])cc1)N(Cc1ccco1)Cc1ccccc1O. The summed E-state index contributed by atoms with van der Waals surface area (Å²) in [6.07, 6.45) is 1.52. The molecule has 0 radical (unpaired) electrons. The Labute approximate surface area is 160 Å². The number of aromatic hydroxyl groups is 1. The van der Waals surface area contributed by atoms with E-state index in [1.54, 1.807) is 36.4 Å². The second-order valence-electron chi connectivity index (χ2n) is 6.00. The van der Waals surface area contributed by atoms with Crippen LogP contribution in [0.1, 0.15) is 11.3 Å². The lowest BCUT2D eigenvalue weighted by atomic mass is 10.2. The van der Waals surface area contributed by atoms with Crippen LogP contribution in [-0.2, 0) is 17.9 Å². The number of nitrogens with zero attached hydrogens (tertiary/aromatic N) is 2. The first kappa shape index (κ1) is 19.0. The topological polar surface area (TPSA) is 106 Å². The Hall–Kier alpha value is -3.81. The Morgan fingerprint density at radius 3 is 2.46 bits per heavy atom. The van der Waals surface area contributed by atoms with Gasteiger partial charge in [0, 0.05) is 24.2 Å². The highest BCUT2D eigenvalue weighted by Crippen LogP contribution is 2.20. The fourth-order valence-electron chi connectivity index (χ4n) is 2.57. The molecule has 0 aliphatic heterocycles. The third kappa shape index (κ3) is 4.88. The molecule has 28 heavy (non-hydrogen) atoms. The van der Waals surface area contributed by atoms with Gasteiger partial charge in [-0.15, -0.1) is 0 Å². The molecule has 0 spiro atoms. The van der Waals surface area contributed by atoms with Crippen molar-refractivity contribution >= 4 is 11.6 Å².